The van der Waals surface area contributed by atoms with Gasteiger partial charge in [0.15, 0.2) is 0 Å². The number of carboxylic acids is 1. The second kappa shape index (κ2) is 7.15. The van der Waals surface area contributed by atoms with Gasteiger partial charge >= 0.3 is 12.0 Å². The average molecular weight is 349 g/mol. The van der Waals surface area contributed by atoms with Crippen LogP contribution in [0.15, 0.2) is 30.3 Å². The minimum Gasteiger partial charge on any atom is -0.481 e. The Morgan fingerprint density at radius 2 is 2.08 bits per heavy atom. The van der Waals surface area contributed by atoms with Crippen LogP contribution in [-0.4, -0.2) is 51.7 Å². The third-order valence-electron chi connectivity index (χ3n) is 5.27. The summed E-state index contributed by atoms with van der Waals surface area (Å²) in [6, 6.07) is 10.8. The number of likely N-dealkylation sites (N-methyl/N-ethyl adjacent to an activating group) is 1. The van der Waals surface area contributed by atoms with Crippen molar-refractivity contribution in [3.05, 3.63) is 35.9 Å². The Kier molecular flexibility index (Phi) is 5.15. The third-order valence-corrected chi connectivity index (χ3v) is 6.76. The fourth-order valence-corrected chi connectivity index (χ4v) is 5.63. The first kappa shape index (κ1) is 17.3. The van der Waals surface area contributed by atoms with Crippen LogP contribution >= 0.6 is 11.8 Å². The number of nitrogens with zero attached hydrogens (tertiary/aromatic N) is 1. The maximum atomic E-state index is 12.7. The predicted molar refractivity (Wildman–Crippen MR) is 94.8 cm³/mol. The zero-order valence-electron chi connectivity index (χ0n) is 14.0. The number of rotatable bonds is 7. The van der Waals surface area contributed by atoms with Gasteiger partial charge in [-0.2, -0.15) is 0 Å². The molecular weight excluding hydrogens is 324 g/mol. The number of carbonyl (C=O) groups is 2. The topological polar surface area (TPSA) is 66.4 Å². The molecule has 0 radical (unpaired) electrons. The molecule has 0 bridgehead atoms. The monoisotopic (exact) mass is 349 g/mol. The lowest BCUT2D eigenvalue weighted by Crippen LogP contribution is -2.52. The molecule has 2 aliphatic rings. The molecule has 1 aromatic carbocycles. The molecule has 0 aromatic heterocycles. The lowest BCUT2D eigenvalue weighted by Gasteiger charge is -2.31. The zero-order valence-corrected chi connectivity index (χ0v) is 14.8. The Bertz CT molecular complexity index is 610. The number of nitrogens with one attached hydrogen (secondary N) is 1. The van der Waals surface area contributed by atoms with E-state index in [9.17, 15) is 9.59 Å². The van der Waals surface area contributed by atoms with E-state index in [4.69, 9.17) is 5.11 Å². The van der Waals surface area contributed by atoms with E-state index in [1.807, 2.05) is 37.0 Å². The first-order valence-corrected chi connectivity index (χ1v) is 9.59. The summed E-state index contributed by atoms with van der Waals surface area (Å²) in [5, 5.41) is 12.4. The summed E-state index contributed by atoms with van der Waals surface area (Å²) in [6.07, 6.45) is 2.84. The van der Waals surface area contributed by atoms with Gasteiger partial charge < -0.3 is 5.11 Å². The van der Waals surface area contributed by atoms with E-state index in [1.54, 1.807) is 0 Å². The number of quaternary nitrogens is 1. The number of hydrogen-bond donors (Lipinski definition) is 2. The standard InChI is InChI=1S/C18H24N2O3S/c1-20(11-13-7-3-2-4-8-13)14-12-24-15(17(14)19-18(20)23)9-5-6-10-16(21)22/h2-4,7-8,14-15,17H,5-6,9-12H2,1H3,(H-,19,21,22,23)/p+1/t14-,15-,17-,20?/m0/s1. The molecule has 1 unspecified atom stereocenters. The summed E-state index contributed by atoms with van der Waals surface area (Å²) < 4.78 is 0.424. The molecule has 6 heteroatoms. The maximum absolute atomic E-state index is 12.7. The van der Waals surface area contributed by atoms with E-state index in [0.29, 0.717) is 22.2 Å². The summed E-state index contributed by atoms with van der Waals surface area (Å²) >= 11 is 1.93. The number of hydrogen-bond acceptors (Lipinski definition) is 3. The van der Waals surface area contributed by atoms with Crippen molar-refractivity contribution in [1.29, 1.82) is 0 Å². The number of fused-ring (bicyclic) bond motifs is 1. The Hall–Kier alpha value is -1.53. The quantitative estimate of drug-likeness (QED) is 0.451. The molecule has 2 fully saturated rings. The van der Waals surface area contributed by atoms with Crippen LogP contribution in [0.2, 0.25) is 0 Å². The van der Waals surface area contributed by atoms with Crippen LogP contribution in [0, 0.1) is 0 Å². The van der Waals surface area contributed by atoms with Crippen molar-refractivity contribution in [2.45, 2.75) is 49.6 Å². The molecule has 0 spiro atoms. The van der Waals surface area contributed by atoms with E-state index >= 15 is 0 Å². The highest BCUT2D eigenvalue weighted by Gasteiger charge is 2.58. The van der Waals surface area contributed by atoms with Crippen molar-refractivity contribution in [1.82, 2.24) is 5.32 Å². The number of carbonyl (C=O) groups excluding carboxylic acids is 1. The van der Waals surface area contributed by atoms with Crippen LogP contribution < -0.4 is 5.32 Å². The van der Waals surface area contributed by atoms with Crippen molar-refractivity contribution in [2.24, 2.45) is 0 Å². The van der Waals surface area contributed by atoms with E-state index in [0.717, 1.165) is 25.1 Å². The van der Waals surface area contributed by atoms with Crippen LogP contribution in [0.1, 0.15) is 31.2 Å². The normalized spacial score (nSPS) is 31.7. The molecule has 2 aliphatic heterocycles. The number of urea groups is 1. The first-order chi connectivity index (χ1) is 11.5. The number of thioether (sulfide) groups is 1. The second-order valence-corrected chi connectivity index (χ2v) is 8.24. The van der Waals surface area contributed by atoms with Gasteiger partial charge in [0.05, 0.1) is 13.1 Å². The van der Waals surface area contributed by atoms with Crippen LogP contribution in [0.4, 0.5) is 4.79 Å². The molecule has 2 N–H and O–H groups in total. The van der Waals surface area contributed by atoms with Crippen molar-refractivity contribution >= 4 is 23.8 Å². The molecule has 3 rings (SSSR count). The molecule has 0 saturated carbocycles. The number of amides is 2. The highest BCUT2D eigenvalue weighted by atomic mass is 32.2. The van der Waals surface area contributed by atoms with Gasteiger partial charge in [-0.3, -0.25) is 10.1 Å². The predicted octanol–water partition coefficient (Wildman–Crippen LogP) is 2.85. The highest BCUT2D eigenvalue weighted by Crippen LogP contribution is 2.40. The summed E-state index contributed by atoms with van der Waals surface area (Å²) in [6.45, 7) is 0.722. The van der Waals surface area contributed by atoms with Crippen molar-refractivity contribution in [2.75, 3.05) is 12.8 Å². The first-order valence-electron chi connectivity index (χ1n) is 8.54. The van der Waals surface area contributed by atoms with Gasteiger partial charge in [0.25, 0.3) is 0 Å². The van der Waals surface area contributed by atoms with Gasteiger partial charge in [-0.25, -0.2) is 9.28 Å². The Morgan fingerprint density at radius 3 is 2.79 bits per heavy atom. The summed E-state index contributed by atoms with van der Waals surface area (Å²) in [5.41, 5.74) is 1.19. The number of unbranched alkanes of at least 4 members (excludes halogenated alkanes) is 1. The van der Waals surface area contributed by atoms with Crippen LogP contribution in [0.3, 0.4) is 0 Å². The number of aliphatic carboxylic acids is 1. The average Bonchev–Trinajstić information content (AvgIpc) is 3.05. The molecule has 24 heavy (non-hydrogen) atoms. The number of benzene rings is 1. The Labute approximate surface area is 147 Å². The number of carboxylic acid groups (broad SMARTS) is 1. The minimum atomic E-state index is -0.728. The van der Waals surface area contributed by atoms with Gasteiger partial charge in [0.2, 0.25) is 0 Å². The van der Waals surface area contributed by atoms with E-state index < -0.39 is 5.97 Å². The fourth-order valence-electron chi connectivity index (χ4n) is 3.86. The molecule has 2 saturated heterocycles. The lowest BCUT2D eigenvalue weighted by molar-refractivity contribution is -0.857. The molecule has 4 atom stereocenters. The van der Waals surface area contributed by atoms with Gasteiger partial charge in [0.1, 0.15) is 12.6 Å². The molecular formula is C18H25N2O3S+. The zero-order chi connectivity index (χ0) is 17.2. The van der Waals surface area contributed by atoms with Crippen LogP contribution in [0.25, 0.3) is 0 Å². The third kappa shape index (κ3) is 3.44. The van der Waals surface area contributed by atoms with Crippen molar-refractivity contribution in [3.8, 4) is 0 Å². The minimum absolute atomic E-state index is 0.115. The fraction of sp³-hybridized carbons (Fsp3) is 0.556. The summed E-state index contributed by atoms with van der Waals surface area (Å²) in [5.74, 6) is 0.254. The molecule has 130 valence electrons. The smallest absolute Gasteiger partial charge is 0.417 e. The largest absolute Gasteiger partial charge is 0.481 e. The van der Waals surface area contributed by atoms with Gasteiger partial charge in [-0.15, -0.1) is 11.8 Å². The van der Waals surface area contributed by atoms with E-state index in [1.165, 1.54) is 5.56 Å². The van der Waals surface area contributed by atoms with E-state index in [-0.39, 0.29) is 18.5 Å². The Balaban J connectivity index is 1.62. The van der Waals surface area contributed by atoms with Crippen molar-refractivity contribution < 1.29 is 19.2 Å². The second-order valence-electron chi connectivity index (χ2n) is 6.97. The van der Waals surface area contributed by atoms with Gasteiger partial charge in [-0.05, 0) is 12.8 Å². The molecule has 1 aromatic rings. The van der Waals surface area contributed by atoms with Gasteiger partial charge in [-0.1, -0.05) is 36.8 Å². The van der Waals surface area contributed by atoms with Crippen molar-refractivity contribution in [3.63, 3.8) is 0 Å². The molecule has 5 nitrogen and oxygen atoms in total. The van der Waals surface area contributed by atoms with Gasteiger partial charge in [0, 0.05) is 23.0 Å². The van der Waals surface area contributed by atoms with Crippen LogP contribution in [-0.2, 0) is 11.3 Å². The molecule has 2 amide bonds. The molecule has 0 aliphatic carbocycles. The highest BCUT2D eigenvalue weighted by molar-refractivity contribution is 8.00. The van der Waals surface area contributed by atoms with Crippen LogP contribution in [0.5, 0.6) is 0 Å². The Morgan fingerprint density at radius 1 is 1.33 bits per heavy atom. The maximum Gasteiger partial charge on any atom is 0.417 e. The summed E-state index contributed by atoms with van der Waals surface area (Å²) in [7, 11) is 2.04. The SMILES string of the molecule is C[N+]1(Cc2ccccc2)C(=O)N[C@@H]2[C@H](CCCCC(=O)O)SC[C@@H]21. The molecule has 2 heterocycles. The summed E-state index contributed by atoms with van der Waals surface area (Å²) in [4.78, 5) is 23.3. The lowest BCUT2D eigenvalue weighted by atomic mass is 10.0. The van der Waals surface area contributed by atoms with E-state index in [2.05, 4.69) is 17.4 Å².